The molecule has 1 unspecified atom stereocenters. The van der Waals surface area contributed by atoms with E-state index < -0.39 is 0 Å². The van der Waals surface area contributed by atoms with Crippen LogP contribution in [0.2, 0.25) is 0 Å². The molecule has 28 heavy (non-hydrogen) atoms. The van der Waals surface area contributed by atoms with Crippen LogP contribution in [0.25, 0.3) is 0 Å². The average Bonchev–Trinajstić information content (AvgIpc) is 3.08. The van der Waals surface area contributed by atoms with E-state index in [9.17, 15) is 0 Å². The maximum absolute atomic E-state index is 4.85. The summed E-state index contributed by atoms with van der Waals surface area (Å²) < 4.78 is 2.42. The highest BCUT2D eigenvalue weighted by Crippen LogP contribution is 2.36. The van der Waals surface area contributed by atoms with Crippen molar-refractivity contribution in [2.75, 3.05) is 32.7 Å². The van der Waals surface area contributed by atoms with Gasteiger partial charge in [-0.2, -0.15) is 0 Å². The maximum Gasteiger partial charge on any atom is 0.126 e. The van der Waals surface area contributed by atoms with Crippen molar-refractivity contribution in [3.8, 4) is 0 Å². The van der Waals surface area contributed by atoms with E-state index in [0.717, 1.165) is 31.3 Å². The first-order valence-corrected chi connectivity index (χ1v) is 11.2. The zero-order chi connectivity index (χ0) is 19.3. The molecule has 0 saturated carbocycles. The van der Waals surface area contributed by atoms with Gasteiger partial charge in [0.1, 0.15) is 5.82 Å². The van der Waals surface area contributed by atoms with Crippen molar-refractivity contribution in [2.45, 2.75) is 52.1 Å². The number of hydrogen-bond donors (Lipinski definition) is 0. The van der Waals surface area contributed by atoms with Crippen LogP contribution in [-0.4, -0.2) is 52.1 Å². The average molecular weight is 381 g/mol. The third kappa shape index (κ3) is 4.66. The normalized spacial score (nSPS) is 22.3. The molecule has 0 radical (unpaired) electrons. The van der Waals surface area contributed by atoms with Crippen LogP contribution in [0.15, 0.2) is 42.7 Å². The third-order valence-corrected chi connectivity index (χ3v) is 6.48. The molecule has 0 aliphatic carbocycles. The van der Waals surface area contributed by atoms with Gasteiger partial charge in [0.15, 0.2) is 0 Å². The van der Waals surface area contributed by atoms with Crippen molar-refractivity contribution in [2.24, 2.45) is 11.8 Å². The van der Waals surface area contributed by atoms with Crippen LogP contribution in [0, 0.1) is 11.8 Å². The predicted octanol–water partition coefficient (Wildman–Crippen LogP) is 4.24. The quantitative estimate of drug-likeness (QED) is 0.749. The van der Waals surface area contributed by atoms with E-state index in [-0.39, 0.29) is 0 Å². The second-order valence-electron chi connectivity index (χ2n) is 9.08. The van der Waals surface area contributed by atoms with Crippen molar-refractivity contribution < 1.29 is 0 Å². The molecule has 4 nitrogen and oxygen atoms in total. The Morgan fingerprint density at radius 2 is 1.82 bits per heavy atom. The number of aryl methyl sites for hydroxylation is 1. The largest absolute Gasteiger partial charge is 0.334 e. The third-order valence-electron chi connectivity index (χ3n) is 6.48. The Bertz CT molecular complexity index is 715. The molecular weight excluding hydrogens is 344 g/mol. The predicted molar refractivity (Wildman–Crippen MR) is 115 cm³/mol. The molecule has 1 fully saturated rings. The van der Waals surface area contributed by atoms with E-state index in [4.69, 9.17) is 4.98 Å². The van der Waals surface area contributed by atoms with Gasteiger partial charge in [-0.3, -0.25) is 4.90 Å². The molecular formula is C24H36N4. The van der Waals surface area contributed by atoms with Gasteiger partial charge in [0, 0.05) is 38.6 Å². The molecule has 0 N–H and O–H groups in total. The van der Waals surface area contributed by atoms with E-state index >= 15 is 0 Å². The van der Waals surface area contributed by atoms with Crippen LogP contribution < -0.4 is 0 Å². The summed E-state index contributed by atoms with van der Waals surface area (Å²) in [6.07, 6.45) is 9.15. The SMILES string of the molecule is CC(C)CN1CCC(C2c3nccn3CCCN2CCc2ccccc2)CC1. The zero-order valence-corrected chi connectivity index (χ0v) is 17.6. The summed E-state index contributed by atoms with van der Waals surface area (Å²) in [5, 5.41) is 0. The van der Waals surface area contributed by atoms with Crippen LogP contribution >= 0.6 is 0 Å². The number of fused-ring (bicyclic) bond motifs is 1. The van der Waals surface area contributed by atoms with E-state index in [1.54, 1.807) is 0 Å². The topological polar surface area (TPSA) is 24.3 Å². The van der Waals surface area contributed by atoms with Crippen molar-refractivity contribution in [1.29, 1.82) is 0 Å². The Labute approximate surface area is 170 Å². The fourth-order valence-electron chi connectivity index (χ4n) is 5.17. The molecule has 0 spiro atoms. The number of nitrogens with zero attached hydrogens (tertiary/aromatic N) is 4. The minimum Gasteiger partial charge on any atom is -0.334 e. The van der Waals surface area contributed by atoms with E-state index in [2.05, 4.69) is 64.7 Å². The second kappa shape index (κ2) is 9.23. The van der Waals surface area contributed by atoms with Crippen molar-refractivity contribution in [3.63, 3.8) is 0 Å². The van der Waals surface area contributed by atoms with Gasteiger partial charge in [0.25, 0.3) is 0 Å². The van der Waals surface area contributed by atoms with Crippen LogP contribution in [-0.2, 0) is 13.0 Å². The number of likely N-dealkylation sites (tertiary alicyclic amines) is 1. The van der Waals surface area contributed by atoms with Crippen molar-refractivity contribution in [3.05, 3.63) is 54.1 Å². The zero-order valence-electron chi connectivity index (χ0n) is 17.6. The molecule has 152 valence electrons. The van der Waals surface area contributed by atoms with Gasteiger partial charge in [-0.25, -0.2) is 4.98 Å². The molecule has 3 heterocycles. The molecule has 2 aromatic rings. The van der Waals surface area contributed by atoms with E-state index in [1.165, 1.54) is 56.8 Å². The van der Waals surface area contributed by atoms with Gasteiger partial charge in [0.2, 0.25) is 0 Å². The van der Waals surface area contributed by atoms with Crippen LogP contribution in [0.5, 0.6) is 0 Å². The van der Waals surface area contributed by atoms with E-state index in [0.29, 0.717) is 6.04 Å². The van der Waals surface area contributed by atoms with Crippen molar-refractivity contribution >= 4 is 0 Å². The van der Waals surface area contributed by atoms with Gasteiger partial charge in [0.05, 0.1) is 6.04 Å². The molecule has 1 atom stereocenters. The monoisotopic (exact) mass is 380 g/mol. The smallest absolute Gasteiger partial charge is 0.126 e. The fourth-order valence-corrected chi connectivity index (χ4v) is 5.17. The first-order chi connectivity index (χ1) is 13.7. The van der Waals surface area contributed by atoms with Crippen LogP contribution in [0.4, 0.5) is 0 Å². The van der Waals surface area contributed by atoms with Crippen LogP contribution in [0.1, 0.15) is 50.5 Å². The Balaban J connectivity index is 1.48. The number of piperidine rings is 1. The lowest BCUT2D eigenvalue weighted by molar-refractivity contribution is 0.0808. The Hall–Kier alpha value is -1.65. The lowest BCUT2D eigenvalue weighted by Crippen LogP contribution is -2.42. The molecule has 1 saturated heterocycles. The number of hydrogen-bond acceptors (Lipinski definition) is 3. The molecule has 0 amide bonds. The van der Waals surface area contributed by atoms with E-state index in [1.807, 2.05) is 6.20 Å². The fraction of sp³-hybridized carbons (Fsp3) is 0.625. The summed E-state index contributed by atoms with van der Waals surface area (Å²) in [5.41, 5.74) is 1.44. The number of rotatable bonds is 6. The highest BCUT2D eigenvalue weighted by molar-refractivity contribution is 5.15. The summed E-state index contributed by atoms with van der Waals surface area (Å²) in [6, 6.07) is 11.4. The summed E-state index contributed by atoms with van der Waals surface area (Å²) in [7, 11) is 0. The highest BCUT2D eigenvalue weighted by atomic mass is 15.2. The minimum atomic E-state index is 0.474. The molecule has 1 aromatic heterocycles. The number of aromatic nitrogens is 2. The Morgan fingerprint density at radius 1 is 1.04 bits per heavy atom. The van der Waals surface area contributed by atoms with Gasteiger partial charge in [-0.15, -0.1) is 0 Å². The molecule has 0 bridgehead atoms. The lowest BCUT2D eigenvalue weighted by atomic mass is 9.87. The number of benzene rings is 1. The first kappa shape index (κ1) is 19.7. The lowest BCUT2D eigenvalue weighted by Gasteiger charge is -2.40. The van der Waals surface area contributed by atoms with Gasteiger partial charge in [-0.1, -0.05) is 44.2 Å². The highest BCUT2D eigenvalue weighted by Gasteiger charge is 2.35. The summed E-state index contributed by atoms with van der Waals surface area (Å²) in [4.78, 5) is 10.3. The van der Waals surface area contributed by atoms with Crippen LogP contribution in [0.3, 0.4) is 0 Å². The second-order valence-corrected chi connectivity index (χ2v) is 9.08. The Kier molecular flexibility index (Phi) is 6.48. The Morgan fingerprint density at radius 3 is 2.57 bits per heavy atom. The molecule has 2 aliphatic rings. The minimum absolute atomic E-state index is 0.474. The molecule has 4 heteroatoms. The standard InChI is InChI=1S/C24H36N4/c1-20(2)19-26-15-10-22(11-16-26)23-24-25-12-18-28(24)14-6-13-27(23)17-9-21-7-4-3-5-8-21/h3-5,7-8,12,18,20,22-23H,6,9-11,13-17,19H2,1-2H3. The molecule has 1 aromatic carbocycles. The first-order valence-electron chi connectivity index (χ1n) is 11.2. The number of imidazole rings is 1. The maximum atomic E-state index is 4.85. The molecule has 2 aliphatic heterocycles. The summed E-state index contributed by atoms with van der Waals surface area (Å²) >= 11 is 0. The van der Waals surface area contributed by atoms with Gasteiger partial charge >= 0.3 is 0 Å². The van der Waals surface area contributed by atoms with Gasteiger partial charge in [-0.05, 0) is 56.2 Å². The molecule has 4 rings (SSSR count). The van der Waals surface area contributed by atoms with Crippen molar-refractivity contribution in [1.82, 2.24) is 19.4 Å². The summed E-state index contributed by atoms with van der Waals surface area (Å²) in [6.45, 7) is 11.8. The summed E-state index contributed by atoms with van der Waals surface area (Å²) in [5.74, 6) is 2.79. The van der Waals surface area contributed by atoms with Gasteiger partial charge < -0.3 is 9.47 Å².